The number of aliphatic hydroxyl groups is 1. The zero-order chi connectivity index (χ0) is 24.8. The molecule has 0 bridgehead atoms. The summed E-state index contributed by atoms with van der Waals surface area (Å²) in [6.07, 6.45) is 5.88. The molecule has 2 aromatic carbocycles. The molecule has 0 spiro atoms. The average Bonchev–Trinajstić information content (AvgIpc) is 3.36. The zero-order valence-corrected chi connectivity index (χ0v) is 19.7. The Morgan fingerprint density at radius 2 is 2.00 bits per heavy atom. The molecule has 7 nitrogen and oxygen atoms in total. The van der Waals surface area contributed by atoms with Crippen LogP contribution in [-0.2, 0) is 21.6 Å². The molecular weight excluding hydrogens is 474 g/mol. The molecule has 2 heterocycles. The quantitative estimate of drug-likeness (QED) is 0.504. The number of benzene rings is 2. The second-order valence-corrected chi connectivity index (χ2v) is 9.82. The third kappa shape index (κ3) is 6.13. The molecule has 1 fully saturated rings. The summed E-state index contributed by atoms with van der Waals surface area (Å²) in [7, 11) is 0. The monoisotopic (exact) mass is 498 g/mol. The summed E-state index contributed by atoms with van der Waals surface area (Å²) < 4.78 is 41.3. The molecule has 2 atom stereocenters. The van der Waals surface area contributed by atoms with Crippen molar-refractivity contribution in [3.8, 4) is 6.07 Å². The highest BCUT2D eigenvalue weighted by molar-refractivity contribution is 8.00. The van der Waals surface area contributed by atoms with Crippen LogP contribution in [0, 0.1) is 23.0 Å². The first kappa shape index (κ1) is 25.0. The van der Waals surface area contributed by atoms with Crippen LogP contribution in [0.15, 0.2) is 61.2 Å². The van der Waals surface area contributed by atoms with E-state index < -0.39 is 28.8 Å². The molecule has 35 heavy (non-hydrogen) atoms. The molecule has 10 heteroatoms. The largest absolute Gasteiger partial charge is 0.382 e. The van der Waals surface area contributed by atoms with E-state index in [1.165, 1.54) is 35.2 Å². The number of rotatable bonds is 8. The fraction of sp³-hybridized carbons (Fsp3) is 0.320. The first-order chi connectivity index (χ1) is 16.9. The molecule has 3 aromatic rings. The van der Waals surface area contributed by atoms with Crippen LogP contribution in [0.25, 0.3) is 6.08 Å². The lowest BCUT2D eigenvalue weighted by molar-refractivity contribution is -0.146. The summed E-state index contributed by atoms with van der Waals surface area (Å²) in [6, 6.07) is 12.4. The van der Waals surface area contributed by atoms with Gasteiger partial charge in [0.15, 0.2) is 6.29 Å². The summed E-state index contributed by atoms with van der Waals surface area (Å²) in [5.74, 6) is -1.55. The van der Waals surface area contributed by atoms with Crippen molar-refractivity contribution in [1.82, 2.24) is 14.8 Å². The van der Waals surface area contributed by atoms with E-state index in [0.717, 1.165) is 17.7 Å². The van der Waals surface area contributed by atoms with Crippen molar-refractivity contribution in [2.45, 2.75) is 35.9 Å². The van der Waals surface area contributed by atoms with Gasteiger partial charge in [-0.05, 0) is 29.8 Å². The van der Waals surface area contributed by atoms with Crippen molar-refractivity contribution in [3.05, 3.63) is 89.5 Å². The molecule has 0 saturated carbocycles. The summed E-state index contributed by atoms with van der Waals surface area (Å²) in [5.41, 5.74) is -0.204. The van der Waals surface area contributed by atoms with Gasteiger partial charge in [0.1, 0.15) is 29.9 Å². The predicted molar refractivity (Wildman–Crippen MR) is 127 cm³/mol. The number of hydrogen-bond acceptors (Lipinski definition) is 7. The van der Waals surface area contributed by atoms with Gasteiger partial charge in [0.2, 0.25) is 0 Å². The Balaban J connectivity index is 1.40. The summed E-state index contributed by atoms with van der Waals surface area (Å²) >= 11 is 1.40. The van der Waals surface area contributed by atoms with E-state index in [4.69, 9.17) is 14.7 Å². The van der Waals surface area contributed by atoms with Gasteiger partial charge < -0.3 is 14.6 Å². The third-order valence-corrected chi connectivity index (χ3v) is 7.17. The summed E-state index contributed by atoms with van der Waals surface area (Å²) in [4.78, 5) is 3.89. The zero-order valence-electron chi connectivity index (χ0n) is 18.9. The molecule has 1 N–H and O–H groups in total. The highest BCUT2D eigenvalue weighted by Gasteiger charge is 2.41. The lowest BCUT2D eigenvalue weighted by Crippen LogP contribution is -2.43. The molecule has 1 aliphatic rings. The van der Waals surface area contributed by atoms with Gasteiger partial charge in [-0.1, -0.05) is 31.2 Å². The number of nitriles is 1. The van der Waals surface area contributed by atoms with Crippen LogP contribution in [0.1, 0.15) is 23.6 Å². The first-order valence-corrected chi connectivity index (χ1v) is 11.9. The minimum atomic E-state index is -1.69. The van der Waals surface area contributed by atoms with Crippen molar-refractivity contribution < 1.29 is 23.4 Å². The van der Waals surface area contributed by atoms with E-state index in [-0.39, 0.29) is 17.4 Å². The molecule has 0 radical (unpaired) electrons. The number of ether oxygens (including phenoxy) is 2. The summed E-state index contributed by atoms with van der Waals surface area (Å²) in [6.45, 7) is 2.45. The Labute approximate surface area is 206 Å². The highest BCUT2D eigenvalue weighted by atomic mass is 32.2. The molecule has 0 amide bonds. The second kappa shape index (κ2) is 11.1. The van der Waals surface area contributed by atoms with Crippen LogP contribution in [0.2, 0.25) is 0 Å². The van der Waals surface area contributed by atoms with E-state index in [1.54, 1.807) is 25.1 Å². The van der Waals surface area contributed by atoms with Crippen molar-refractivity contribution in [2.75, 3.05) is 13.2 Å². The van der Waals surface area contributed by atoms with Crippen molar-refractivity contribution in [3.63, 3.8) is 0 Å². The van der Waals surface area contributed by atoms with E-state index in [9.17, 15) is 13.9 Å². The molecule has 1 aromatic heterocycles. The molecule has 182 valence electrons. The lowest BCUT2D eigenvalue weighted by atomic mass is 9.90. The van der Waals surface area contributed by atoms with Gasteiger partial charge in [0.05, 0.1) is 36.6 Å². The van der Waals surface area contributed by atoms with Crippen molar-refractivity contribution in [1.29, 1.82) is 5.26 Å². The molecular formula is C25H24F2N4O3S. The number of hydrogen-bond donors (Lipinski definition) is 1. The second-order valence-electron chi connectivity index (χ2n) is 8.17. The molecule has 4 rings (SSSR count). The average molecular weight is 499 g/mol. The fourth-order valence-corrected chi connectivity index (χ4v) is 5.10. The number of halogens is 2. The van der Waals surface area contributed by atoms with Crippen molar-refractivity contribution >= 4 is 17.8 Å². The van der Waals surface area contributed by atoms with Gasteiger partial charge in [-0.2, -0.15) is 10.4 Å². The standard InChI is InChI=1S/C25H24F2N4O3S/c1-17(25(32,14-31-16-29-15-30-31)22-8-7-20(26)10-23(22)27)35-21-12-33-24(34-13-21)9-6-18-2-4-19(11-28)5-3-18/h2-10,15-17,21,24,32H,12-14H2,1H3. The SMILES string of the molecule is CC(SC1COC(C=Cc2ccc(C#N)cc2)OC1)C(O)(Cn1cncn1)c1ccc(F)cc1F. The van der Waals surface area contributed by atoms with Gasteiger partial charge in [0.25, 0.3) is 0 Å². The van der Waals surface area contributed by atoms with Gasteiger partial charge in [-0.15, -0.1) is 11.8 Å². The Bertz CT molecular complexity index is 1190. The first-order valence-electron chi connectivity index (χ1n) is 10.9. The Morgan fingerprint density at radius 3 is 2.63 bits per heavy atom. The normalized spacial score (nSPS) is 20.9. The number of aromatic nitrogens is 3. The number of nitrogens with zero attached hydrogens (tertiary/aromatic N) is 4. The summed E-state index contributed by atoms with van der Waals surface area (Å²) in [5, 5.41) is 23.9. The van der Waals surface area contributed by atoms with E-state index in [1.807, 2.05) is 18.2 Å². The van der Waals surface area contributed by atoms with E-state index in [2.05, 4.69) is 16.2 Å². The smallest absolute Gasteiger partial charge is 0.177 e. The van der Waals surface area contributed by atoms with Crippen LogP contribution in [0.5, 0.6) is 0 Å². The predicted octanol–water partition coefficient (Wildman–Crippen LogP) is 3.89. The minimum Gasteiger partial charge on any atom is -0.382 e. The van der Waals surface area contributed by atoms with Crippen LogP contribution in [0.4, 0.5) is 8.78 Å². The van der Waals surface area contributed by atoms with Gasteiger partial charge in [-0.25, -0.2) is 18.4 Å². The molecule has 0 aliphatic carbocycles. The van der Waals surface area contributed by atoms with Gasteiger partial charge >= 0.3 is 0 Å². The molecule has 2 unspecified atom stereocenters. The minimum absolute atomic E-state index is 0.0183. The molecule has 1 saturated heterocycles. The maximum atomic E-state index is 14.7. The van der Waals surface area contributed by atoms with Crippen LogP contribution in [-0.4, -0.2) is 49.9 Å². The van der Waals surface area contributed by atoms with Gasteiger partial charge in [-0.3, -0.25) is 0 Å². The van der Waals surface area contributed by atoms with E-state index in [0.29, 0.717) is 18.8 Å². The Hall–Kier alpha value is -3.10. The number of thioether (sulfide) groups is 1. The molecule has 1 aliphatic heterocycles. The van der Waals surface area contributed by atoms with Gasteiger partial charge in [0, 0.05) is 16.9 Å². The van der Waals surface area contributed by atoms with Crippen LogP contribution < -0.4 is 0 Å². The highest BCUT2D eigenvalue weighted by Crippen LogP contribution is 2.38. The third-order valence-electron chi connectivity index (χ3n) is 5.71. The lowest BCUT2D eigenvalue weighted by Gasteiger charge is -2.37. The Morgan fingerprint density at radius 1 is 1.26 bits per heavy atom. The maximum Gasteiger partial charge on any atom is 0.177 e. The van der Waals surface area contributed by atoms with Crippen LogP contribution >= 0.6 is 11.8 Å². The fourth-order valence-electron chi connectivity index (χ4n) is 3.78. The van der Waals surface area contributed by atoms with E-state index >= 15 is 0 Å². The Kier molecular flexibility index (Phi) is 7.93. The van der Waals surface area contributed by atoms with Crippen molar-refractivity contribution in [2.24, 2.45) is 0 Å². The van der Waals surface area contributed by atoms with Crippen LogP contribution in [0.3, 0.4) is 0 Å². The maximum absolute atomic E-state index is 14.7. The topological polar surface area (TPSA) is 93.2 Å².